The van der Waals surface area contributed by atoms with E-state index in [9.17, 15) is 27.2 Å². The van der Waals surface area contributed by atoms with Crippen molar-refractivity contribution in [2.75, 3.05) is 31.6 Å². The lowest BCUT2D eigenvalue weighted by Gasteiger charge is -2.34. The van der Waals surface area contributed by atoms with E-state index in [4.69, 9.17) is 16.3 Å². The summed E-state index contributed by atoms with van der Waals surface area (Å²) in [6.07, 6.45) is 2.75. The second kappa shape index (κ2) is 13.2. The summed E-state index contributed by atoms with van der Waals surface area (Å²) in [7, 11) is 0. The molecule has 15 heteroatoms. The predicted octanol–water partition coefficient (Wildman–Crippen LogP) is 3.43. The second-order valence-electron chi connectivity index (χ2n) is 9.03. The standard InChI is InChI=1S/C23H29ClF4N6O4/c1-14(2)33-7-5-16(6-8-33)30-21(36)17-9-20(37-12-23(27,28)13-38-22(25)26)32-34(17)11-19(35)31-18-4-3-15(24)10-29-18/h3-4,9-10,14,16,22H,5-8,11-13H2,1-2H3,(H,30,36)(H,29,31,35). The average Bonchev–Trinajstić information content (AvgIpc) is 3.26. The zero-order valence-electron chi connectivity index (χ0n) is 20.8. The minimum absolute atomic E-state index is 0.0994. The van der Waals surface area contributed by atoms with Crippen molar-refractivity contribution in [3.63, 3.8) is 0 Å². The number of nitrogens with one attached hydrogen (secondary N) is 2. The second-order valence-corrected chi connectivity index (χ2v) is 9.47. The highest BCUT2D eigenvalue weighted by Crippen LogP contribution is 2.20. The number of anilines is 1. The van der Waals surface area contributed by atoms with Gasteiger partial charge in [-0.15, -0.1) is 5.10 Å². The quantitative estimate of drug-likeness (QED) is 0.380. The number of halogens is 5. The molecule has 1 aliphatic rings. The Bertz CT molecular complexity index is 1080. The van der Waals surface area contributed by atoms with E-state index in [2.05, 4.69) is 44.2 Å². The molecule has 2 aromatic rings. The fraction of sp³-hybridized carbons (Fsp3) is 0.565. The van der Waals surface area contributed by atoms with Gasteiger partial charge in [0.15, 0.2) is 6.61 Å². The summed E-state index contributed by atoms with van der Waals surface area (Å²) >= 11 is 5.79. The Morgan fingerprint density at radius 2 is 1.92 bits per heavy atom. The van der Waals surface area contributed by atoms with E-state index in [1.165, 1.54) is 18.3 Å². The molecule has 1 saturated heterocycles. The summed E-state index contributed by atoms with van der Waals surface area (Å²) in [5.41, 5.74) is -0.0994. The molecule has 3 rings (SSSR count). The first-order valence-electron chi connectivity index (χ1n) is 11.9. The number of aromatic nitrogens is 3. The number of carbonyl (C=O) groups is 2. The lowest BCUT2D eigenvalue weighted by atomic mass is 10.0. The molecule has 0 bridgehead atoms. The van der Waals surface area contributed by atoms with Gasteiger partial charge in [-0.1, -0.05) is 11.6 Å². The van der Waals surface area contributed by atoms with E-state index in [1.807, 2.05) is 0 Å². The lowest BCUT2D eigenvalue weighted by Crippen LogP contribution is -2.47. The zero-order valence-corrected chi connectivity index (χ0v) is 21.6. The van der Waals surface area contributed by atoms with Crippen LogP contribution in [0.3, 0.4) is 0 Å². The highest BCUT2D eigenvalue weighted by molar-refractivity contribution is 6.30. The molecule has 0 spiro atoms. The number of pyridine rings is 1. The number of ether oxygens (including phenoxy) is 2. The number of rotatable bonds is 12. The molecule has 38 heavy (non-hydrogen) atoms. The van der Waals surface area contributed by atoms with Crippen LogP contribution >= 0.6 is 11.6 Å². The molecule has 2 N–H and O–H groups in total. The Hall–Kier alpha value is -2.97. The van der Waals surface area contributed by atoms with Gasteiger partial charge in [-0.2, -0.15) is 8.78 Å². The van der Waals surface area contributed by atoms with Crippen molar-refractivity contribution in [2.24, 2.45) is 0 Å². The molecule has 1 aliphatic heterocycles. The maximum atomic E-state index is 13.8. The fourth-order valence-corrected chi connectivity index (χ4v) is 3.87. The monoisotopic (exact) mass is 564 g/mol. The van der Waals surface area contributed by atoms with Crippen LogP contribution in [-0.2, 0) is 16.1 Å². The molecule has 210 valence electrons. The molecule has 1 fully saturated rings. The Morgan fingerprint density at radius 1 is 1.21 bits per heavy atom. The number of hydrogen-bond acceptors (Lipinski definition) is 7. The van der Waals surface area contributed by atoms with Crippen LogP contribution in [0.1, 0.15) is 37.2 Å². The van der Waals surface area contributed by atoms with Crippen LogP contribution in [-0.4, -0.2) is 82.4 Å². The molecule has 2 amide bonds. The molecular weight excluding hydrogens is 536 g/mol. The number of amides is 2. The Kier molecular flexibility index (Phi) is 10.3. The summed E-state index contributed by atoms with van der Waals surface area (Å²) in [6.45, 7) is -0.953. The highest BCUT2D eigenvalue weighted by Gasteiger charge is 2.33. The van der Waals surface area contributed by atoms with Crippen molar-refractivity contribution >= 4 is 29.2 Å². The maximum Gasteiger partial charge on any atom is 0.345 e. The van der Waals surface area contributed by atoms with Gasteiger partial charge in [0.05, 0.1) is 5.02 Å². The Morgan fingerprint density at radius 3 is 2.53 bits per heavy atom. The van der Waals surface area contributed by atoms with Crippen molar-refractivity contribution in [3.8, 4) is 5.88 Å². The van der Waals surface area contributed by atoms with Crippen molar-refractivity contribution in [3.05, 3.63) is 35.1 Å². The van der Waals surface area contributed by atoms with Gasteiger partial charge in [0.1, 0.15) is 24.7 Å². The minimum atomic E-state index is -3.75. The van der Waals surface area contributed by atoms with Gasteiger partial charge in [-0.05, 0) is 38.8 Å². The molecular formula is C23H29ClF4N6O4. The molecule has 0 saturated carbocycles. The van der Waals surface area contributed by atoms with E-state index in [1.54, 1.807) is 0 Å². The third-order valence-electron chi connectivity index (χ3n) is 5.73. The summed E-state index contributed by atoms with van der Waals surface area (Å²) in [5.74, 6) is -5.11. The maximum absolute atomic E-state index is 13.8. The van der Waals surface area contributed by atoms with Gasteiger partial charge in [0, 0.05) is 37.4 Å². The Labute approximate surface area is 221 Å². The van der Waals surface area contributed by atoms with Gasteiger partial charge >= 0.3 is 12.5 Å². The van der Waals surface area contributed by atoms with Crippen LogP contribution in [0.2, 0.25) is 5.02 Å². The lowest BCUT2D eigenvalue weighted by molar-refractivity contribution is -0.189. The van der Waals surface area contributed by atoms with Gasteiger partial charge in [0.25, 0.3) is 5.91 Å². The fourth-order valence-electron chi connectivity index (χ4n) is 3.76. The van der Waals surface area contributed by atoms with E-state index in [-0.39, 0.29) is 23.4 Å². The largest absolute Gasteiger partial charge is 0.470 e. The zero-order chi connectivity index (χ0) is 27.9. The van der Waals surface area contributed by atoms with E-state index in [0.29, 0.717) is 23.9 Å². The van der Waals surface area contributed by atoms with Crippen LogP contribution in [0.25, 0.3) is 0 Å². The minimum Gasteiger partial charge on any atom is -0.470 e. The molecule has 0 unspecified atom stereocenters. The van der Waals surface area contributed by atoms with Gasteiger partial charge in [-0.3, -0.25) is 9.59 Å². The summed E-state index contributed by atoms with van der Waals surface area (Å²) in [4.78, 5) is 31.9. The summed E-state index contributed by atoms with van der Waals surface area (Å²) in [5, 5.41) is 9.73. The smallest absolute Gasteiger partial charge is 0.345 e. The number of hydrogen-bond donors (Lipinski definition) is 2. The molecule has 2 aromatic heterocycles. The first-order chi connectivity index (χ1) is 17.9. The third kappa shape index (κ3) is 9.10. The van der Waals surface area contributed by atoms with Gasteiger partial charge in [0.2, 0.25) is 11.8 Å². The van der Waals surface area contributed by atoms with Crippen LogP contribution in [0.5, 0.6) is 5.88 Å². The first kappa shape index (κ1) is 29.6. The number of nitrogens with zero attached hydrogens (tertiary/aromatic N) is 4. The molecule has 0 aromatic carbocycles. The molecule has 3 heterocycles. The summed E-state index contributed by atoms with van der Waals surface area (Å²) < 4.78 is 61.5. The van der Waals surface area contributed by atoms with Crippen molar-refractivity contribution in [1.29, 1.82) is 0 Å². The van der Waals surface area contributed by atoms with Gasteiger partial charge in [-0.25, -0.2) is 18.4 Å². The Balaban J connectivity index is 1.70. The molecule has 0 atom stereocenters. The number of piperidine rings is 1. The SMILES string of the molecule is CC(C)N1CCC(NC(=O)c2cc(OCC(F)(F)COC(F)F)nn2CC(=O)Nc2ccc(Cl)cn2)CC1. The molecule has 0 radical (unpaired) electrons. The van der Waals surface area contributed by atoms with Gasteiger partial charge < -0.3 is 25.0 Å². The van der Waals surface area contributed by atoms with E-state index < -0.39 is 44.1 Å². The van der Waals surface area contributed by atoms with Crippen LogP contribution in [0.15, 0.2) is 24.4 Å². The first-order valence-corrected chi connectivity index (χ1v) is 12.2. The van der Waals surface area contributed by atoms with Crippen LogP contribution in [0, 0.1) is 0 Å². The van der Waals surface area contributed by atoms with E-state index >= 15 is 0 Å². The topological polar surface area (TPSA) is 111 Å². The van der Waals surface area contributed by atoms with Crippen molar-refractivity contribution < 1.29 is 36.6 Å². The number of likely N-dealkylation sites (tertiary alicyclic amines) is 1. The normalized spacial score (nSPS) is 15.2. The van der Waals surface area contributed by atoms with E-state index in [0.717, 1.165) is 23.8 Å². The van der Waals surface area contributed by atoms with Crippen LogP contribution < -0.4 is 15.4 Å². The predicted molar refractivity (Wildman–Crippen MR) is 130 cm³/mol. The number of carbonyl (C=O) groups excluding carboxylic acids is 2. The highest BCUT2D eigenvalue weighted by atomic mass is 35.5. The van der Waals surface area contributed by atoms with Crippen molar-refractivity contribution in [2.45, 2.75) is 57.9 Å². The molecule has 0 aliphatic carbocycles. The molecule has 10 nitrogen and oxygen atoms in total. The summed E-state index contributed by atoms with van der Waals surface area (Å²) in [6, 6.07) is 4.35. The number of alkyl halides is 4. The van der Waals surface area contributed by atoms with Crippen LogP contribution in [0.4, 0.5) is 23.4 Å². The van der Waals surface area contributed by atoms with Crippen molar-refractivity contribution in [1.82, 2.24) is 25.0 Å². The average molecular weight is 565 g/mol. The third-order valence-corrected chi connectivity index (χ3v) is 5.95.